The molecule has 4 nitrogen and oxygen atoms in total. The third kappa shape index (κ3) is 0.787. The van der Waals surface area contributed by atoms with Crippen LogP contribution in [0.25, 0.3) is 0 Å². The fourth-order valence-electron chi connectivity index (χ4n) is 1.62. The number of carbonyl (C=O) groups is 2. The van der Waals surface area contributed by atoms with E-state index in [0.29, 0.717) is 16.8 Å². The van der Waals surface area contributed by atoms with Crippen LogP contribution in [0, 0.1) is 12.3 Å². The molecule has 0 aromatic heterocycles. The molecule has 0 saturated carbocycles. The maximum Gasteiger partial charge on any atom is 0.261 e. The van der Waals surface area contributed by atoms with Crippen LogP contribution >= 0.6 is 0 Å². The molecule has 2 aliphatic heterocycles. The number of amides is 2. The van der Waals surface area contributed by atoms with Crippen molar-refractivity contribution in [2.75, 3.05) is 14.1 Å². The molecule has 4 heteroatoms. The third-order valence-corrected chi connectivity index (χ3v) is 2.37. The number of hydrogen-bond acceptors (Lipinski definition) is 2. The molecule has 0 radical (unpaired) electrons. The number of likely N-dealkylation sites (N-methyl/N-ethyl adjacent to an activating group) is 2. The second-order valence-corrected chi connectivity index (χ2v) is 3.19. The van der Waals surface area contributed by atoms with Crippen molar-refractivity contribution in [2.24, 2.45) is 0 Å². The molecule has 0 aromatic rings. The van der Waals surface area contributed by atoms with E-state index in [2.05, 4.69) is 5.92 Å². The Hall–Kier alpha value is -2.02. The molecule has 0 bridgehead atoms. The van der Waals surface area contributed by atoms with Gasteiger partial charge >= 0.3 is 0 Å². The van der Waals surface area contributed by atoms with Crippen LogP contribution in [0.2, 0.25) is 0 Å². The van der Waals surface area contributed by atoms with Gasteiger partial charge in [0, 0.05) is 20.3 Å². The lowest BCUT2D eigenvalue weighted by Crippen LogP contribution is -2.22. The van der Waals surface area contributed by atoms with Crippen LogP contribution in [0.3, 0.4) is 0 Å². The van der Waals surface area contributed by atoms with E-state index in [-0.39, 0.29) is 11.8 Å². The zero-order chi connectivity index (χ0) is 10.5. The summed E-state index contributed by atoms with van der Waals surface area (Å²) in [5.74, 6) is 1.93. The van der Waals surface area contributed by atoms with Crippen LogP contribution in [0.5, 0.6) is 0 Å². The zero-order valence-corrected chi connectivity index (χ0v) is 7.87. The molecule has 0 unspecified atom stereocenters. The van der Waals surface area contributed by atoms with Crippen molar-refractivity contribution in [2.45, 2.75) is 0 Å². The molecule has 2 aliphatic rings. The summed E-state index contributed by atoms with van der Waals surface area (Å²) in [6.45, 7) is 0. The monoisotopic (exact) mass is 188 g/mol. The van der Waals surface area contributed by atoms with Gasteiger partial charge in [-0.1, -0.05) is 5.92 Å². The van der Waals surface area contributed by atoms with Crippen molar-refractivity contribution in [3.8, 4) is 12.3 Å². The predicted octanol–water partition coefficient (Wildman–Crippen LogP) is -0.298. The average molecular weight is 188 g/mol. The smallest absolute Gasteiger partial charge is 0.261 e. The summed E-state index contributed by atoms with van der Waals surface area (Å²) in [6, 6.07) is 0. The Morgan fingerprint density at radius 2 is 1.93 bits per heavy atom. The highest BCUT2D eigenvalue weighted by Crippen LogP contribution is 2.33. The topological polar surface area (TPSA) is 40.6 Å². The van der Waals surface area contributed by atoms with Gasteiger partial charge in [-0.2, -0.15) is 0 Å². The van der Waals surface area contributed by atoms with Crippen molar-refractivity contribution in [3.05, 3.63) is 23.0 Å². The quantitative estimate of drug-likeness (QED) is 0.490. The van der Waals surface area contributed by atoms with Gasteiger partial charge in [0.2, 0.25) is 0 Å². The van der Waals surface area contributed by atoms with Crippen molar-refractivity contribution in [1.82, 2.24) is 9.80 Å². The van der Waals surface area contributed by atoms with Crippen LogP contribution in [0.1, 0.15) is 0 Å². The standard InChI is InChI=1S/C10H8N2O2/c1-4-7-8-6(9(13)12(7)3)5-11(2)10(8)14/h1,5H,2-3H3. The highest BCUT2D eigenvalue weighted by atomic mass is 16.2. The van der Waals surface area contributed by atoms with Crippen molar-refractivity contribution in [1.29, 1.82) is 0 Å². The first-order valence-electron chi connectivity index (χ1n) is 4.06. The van der Waals surface area contributed by atoms with Crippen LogP contribution in [-0.2, 0) is 9.59 Å². The van der Waals surface area contributed by atoms with Crippen LogP contribution < -0.4 is 0 Å². The Labute approximate surface area is 81.5 Å². The molecular formula is C10H8N2O2. The number of terminal acetylenes is 1. The Kier molecular flexibility index (Phi) is 1.52. The SMILES string of the molecule is C#CC1=C2C(=O)N(C)C=C2C(=O)N1C. The molecule has 14 heavy (non-hydrogen) atoms. The van der Waals surface area contributed by atoms with E-state index >= 15 is 0 Å². The number of nitrogens with zero attached hydrogens (tertiary/aromatic N) is 2. The van der Waals surface area contributed by atoms with E-state index in [0.717, 1.165) is 0 Å². The number of fused-ring (bicyclic) bond motifs is 1. The van der Waals surface area contributed by atoms with E-state index in [4.69, 9.17) is 6.42 Å². The van der Waals surface area contributed by atoms with Gasteiger partial charge in [-0.25, -0.2) is 0 Å². The maximum absolute atomic E-state index is 11.6. The summed E-state index contributed by atoms with van der Waals surface area (Å²) in [4.78, 5) is 25.9. The Balaban J connectivity index is 2.65. The second-order valence-electron chi connectivity index (χ2n) is 3.19. The number of rotatable bonds is 0. The van der Waals surface area contributed by atoms with Crippen LogP contribution in [0.4, 0.5) is 0 Å². The van der Waals surface area contributed by atoms with Crippen molar-refractivity contribution < 1.29 is 9.59 Å². The van der Waals surface area contributed by atoms with Gasteiger partial charge in [0.05, 0.1) is 11.1 Å². The van der Waals surface area contributed by atoms with E-state index in [1.54, 1.807) is 14.1 Å². The molecule has 0 saturated heterocycles. The largest absolute Gasteiger partial charge is 0.317 e. The van der Waals surface area contributed by atoms with Gasteiger partial charge in [-0.15, -0.1) is 6.42 Å². The molecule has 0 spiro atoms. The minimum atomic E-state index is -0.217. The number of allylic oxidation sites excluding steroid dienone is 1. The second kappa shape index (κ2) is 2.48. The normalized spacial score (nSPS) is 20.2. The summed E-state index contributed by atoms with van der Waals surface area (Å²) >= 11 is 0. The summed E-state index contributed by atoms with van der Waals surface area (Å²) in [5.41, 5.74) is 1.10. The Morgan fingerprint density at radius 1 is 1.29 bits per heavy atom. The third-order valence-electron chi connectivity index (χ3n) is 2.37. The lowest BCUT2D eigenvalue weighted by molar-refractivity contribution is -0.123. The summed E-state index contributed by atoms with van der Waals surface area (Å²) in [5, 5.41) is 0. The van der Waals surface area contributed by atoms with E-state index in [1.165, 1.54) is 16.0 Å². The fraction of sp³-hybridized carbons (Fsp3) is 0.200. The first-order chi connectivity index (χ1) is 6.57. The summed E-state index contributed by atoms with van der Waals surface area (Å²) in [7, 11) is 3.17. The van der Waals surface area contributed by atoms with Gasteiger partial charge in [-0.3, -0.25) is 9.59 Å². The van der Waals surface area contributed by atoms with Crippen LogP contribution in [0.15, 0.2) is 23.0 Å². The molecule has 0 fully saturated rings. The Bertz CT molecular complexity index is 451. The molecule has 0 aliphatic carbocycles. The van der Waals surface area contributed by atoms with E-state index in [1.807, 2.05) is 0 Å². The highest BCUT2D eigenvalue weighted by Gasteiger charge is 2.41. The van der Waals surface area contributed by atoms with Crippen molar-refractivity contribution >= 4 is 11.8 Å². The first kappa shape index (κ1) is 8.57. The Morgan fingerprint density at radius 3 is 2.50 bits per heavy atom. The molecule has 2 rings (SSSR count). The van der Waals surface area contributed by atoms with Crippen LogP contribution in [-0.4, -0.2) is 35.7 Å². The minimum absolute atomic E-state index is 0.217. The average Bonchev–Trinajstić information content (AvgIpc) is 2.56. The molecule has 0 N–H and O–H groups in total. The zero-order valence-electron chi connectivity index (χ0n) is 7.87. The number of hydrogen-bond donors (Lipinski definition) is 0. The number of carbonyl (C=O) groups excluding carboxylic acids is 2. The predicted molar refractivity (Wildman–Crippen MR) is 49.5 cm³/mol. The van der Waals surface area contributed by atoms with E-state index in [9.17, 15) is 9.59 Å². The lowest BCUT2D eigenvalue weighted by Gasteiger charge is -2.11. The molecule has 0 aromatic carbocycles. The molecule has 70 valence electrons. The molecule has 2 amide bonds. The molecule has 2 heterocycles. The fourth-order valence-corrected chi connectivity index (χ4v) is 1.62. The van der Waals surface area contributed by atoms with Gasteiger partial charge in [0.15, 0.2) is 0 Å². The molecule has 0 atom stereocenters. The summed E-state index contributed by atoms with van der Waals surface area (Å²) in [6.07, 6.45) is 6.77. The minimum Gasteiger partial charge on any atom is -0.317 e. The van der Waals surface area contributed by atoms with Gasteiger partial charge < -0.3 is 9.80 Å². The van der Waals surface area contributed by atoms with Gasteiger partial charge in [-0.05, 0) is 0 Å². The van der Waals surface area contributed by atoms with Crippen molar-refractivity contribution in [3.63, 3.8) is 0 Å². The van der Waals surface area contributed by atoms with Gasteiger partial charge in [0.1, 0.15) is 5.70 Å². The maximum atomic E-state index is 11.6. The highest BCUT2D eigenvalue weighted by molar-refractivity contribution is 6.18. The summed E-state index contributed by atoms with van der Waals surface area (Å²) < 4.78 is 0. The first-order valence-corrected chi connectivity index (χ1v) is 4.06. The molecular weight excluding hydrogens is 180 g/mol. The lowest BCUT2D eigenvalue weighted by atomic mass is 10.1. The van der Waals surface area contributed by atoms with Gasteiger partial charge in [0.25, 0.3) is 11.8 Å². The van der Waals surface area contributed by atoms with E-state index < -0.39 is 0 Å².